The molecule has 128 valence electrons. The number of amides is 1. The van der Waals surface area contributed by atoms with Crippen molar-refractivity contribution in [2.75, 3.05) is 20.8 Å². The molecule has 1 unspecified atom stereocenters. The van der Waals surface area contributed by atoms with Crippen molar-refractivity contribution in [1.82, 2.24) is 5.32 Å². The van der Waals surface area contributed by atoms with Crippen LogP contribution in [0, 0.1) is 0 Å². The third kappa shape index (κ3) is 3.98. The van der Waals surface area contributed by atoms with E-state index < -0.39 is 0 Å². The number of methoxy groups -OCH3 is 2. The van der Waals surface area contributed by atoms with Crippen LogP contribution < -0.4 is 19.5 Å². The van der Waals surface area contributed by atoms with Crippen molar-refractivity contribution in [3.05, 3.63) is 53.6 Å². The predicted octanol–water partition coefficient (Wildman–Crippen LogP) is 3.59. The molecule has 0 aromatic heterocycles. The van der Waals surface area contributed by atoms with Crippen LogP contribution in [0.5, 0.6) is 17.2 Å². The molecule has 0 bridgehead atoms. The molecule has 5 heteroatoms. The summed E-state index contributed by atoms with van der Waals surface area (Å²) >= 11 is 0. The van der Waals surface area contributed by atoms with Gasteiger partial charge in [0.25, 0.3) is 5.91 Å². The second-order valence-electron chi connectivity index (χ2n) is 5.23. The first-order valence-corrected chi connectivity index (χ1v) is 7.85. The molecule has 0 fully saturated rings. The Morgan fingerprint density at radius 2 is 1.83 bits per heavy atom. The van der Waals surface area contributed by atoms with Gasteiger partial charge in [0.2, 0.25) is 0 Å². The van der Waals surface area contributed by atoms with Gasteiger partial charge in [-0.3, -0.25) is 4.79 Å². The van der Waals surface area contributed by atoms with Crippen LogP contribution in [0.3, 0.4) is 0 Å². The molecule has 5 nitrogen and oxygen atoms in total. The molecule has 0 aliphatic heterocycles. The smallest absolute Gasteiger partial charge is 0.255 e. The summed E-state index contributed by atoms with van der Waals surface area (Å²) in [7, 11) is 3.21. The van der Waals surface area contributed by atoms with Gasteiger partial charge in [0.1, 0.15) is 17.2 Å². The highest BCUT2D eigenvalue weighted by Gasteiger charge is 2.18. The van der Waals surface area contributed by atoms with Crippen molar-refractivity contribution < 1.29 is 19.0 Å². The zero-order valence-corrected chi connectivity index (χ0v) is 14.5. The maximum Gasteiger partial charge on any atom is 0.255 e. The van der Waals surface area contributed by atoms with Crippen LogP contribution in [0.15, 0.2) is 42.5 Å². The maximum absolute atomic E-state index is 12.6. The summed E-state index contributed by atoms with van der Waals surface area (Å²) in [6.07, 6.45) is 0. The number of rotatable bonds is 7. The summed E-state index contributed by atoms with van der Waals surface area (Å²) < 4.78 is 16.2. The highest BCUT2D eigenvalue weighted by molar-refractivity contribution is 5.97. The fourth-order valence-electron chi connectivity index (χ4n) is 2.47. The van der Waals surface area contributed by atoms with Crippen molar-refractivity contribution in [1.29, 1.82) is 0 Å². The minimum Gasteiger partial charge on any atom is -0.497 e. The number of hydrogen-bond acceptors (Lipinski definition) is 4. The average Bonchev–Trinajstić information content (AvgIpc) is 2.61. The number of ether oxygens (including phenoxy) is 3. The lowest BCUT2D eigenvalue weighted by atomic mass is 10.1. The molecule has 0 heterocycles. The summed E-state index contributed by atoms with van der Waals surface area (Å²) in [5, 5.41) is 2.98. The quantitative estimate of drug-likeness (QED) is 0.843. The predicted molar refractivity (Wildman–Crippen MR) is 93.0 cm³/mol. The highest BCUT2D eigenvalue weighted by atomic mass is 16.5. The first-order chi connectivity index (χ1) is 11.6. The van der Waals surface area contributed by atoms with Crippen LogP contribution in [0.25, 0.3) is 0 Å². The molecule has 2 rings (SSSR count). The SMILES string of the molecule is CCOc1ccccc1C(=O)NC(C)c1cc(OC)ccc1OC. The third-order valence-electron chi connectivity index (χ3n) is 3.68. The van der Waals surface area contributed by atoms with Crippen LogP contribution in [0.4, 0.5) is 0 Å². The second kappa shape index (κ2) is 8.24. The van der Waals surface area contributed by atoms with Gasteiger partial charge in [-0.1, -0.05) is 12.1 Å². The van der Waals surface area contributed by atoms with E-state index >= 15 is 0 Å². The Morgan fingerprint density at radius 3 is 2.50 bits per heavy atom. The lowest BCUT2D eigenvalue weighted by molar-refractivity contribution is 0.0935. The zero-order chi connectivity index (χ0) is 17.5. The molecule has 24 heavy (non-hydrogen) atoms. The monoisotopic (exact) mass is 329 g/mol. The van der Waals surface area contributed by atoms with Gasteiger partial charge < -0.3 is 19.5 Å². The van der Waals surface area contributed by atoms with E-state index in [9.17, 15) is 4.79 Å². The van der Waals surface area contributed by atoms with Crippen LogP contribution in [0.2, 0.25) is 0 Å². The molecule has 2 aromatic carbocycles. The Morgan fingerprint density at radius 1 is 1.08 bits per heavy atom. The van der Waals surface area contributed by atoms with E-state index in [1.165, 1.54) is 0 Å². The van der Waals surface area contributed by atoms with Gasteiger partial charge >= 0.3 is 0 Å². The number of benzene rings is 2. The van der Waals surface area contributed by atoms with Gasteiger partial charge in [0, 0.05) is 5.56 Å². The molecule has 0 aliphatic carbocycles. The Kier molecular flexibility index (Phi) is 6.07. The molecule has 1 amide bonds. The fraction of sp³-hybridized carbons (Fsp3) is 0.316. The fourth-order valence-corrected chi connectivity index (χ4v) is 2.47. The van der Waals surface area contributed by atoms with Gasteiger partial charge in [-0.25, -0.2) is 0 Å². The number of carbonyl (C=O) groups is 1. The zero-order valence-electron chi connectivity index (χ0n) is 14.5. The van der Waals surface area contributed by atoms with Crippen molar-refractivity contribution in [3.8, 4) is 17.2 Å². The second-order valence-corrected chi connectivity index (χ2v) is 5.23. The molecule has 0 radical (unpaired) electrons. The maximum atomic E-state index is 12.6. The Bertz CT molecular complexity index is 700. The summed E-state index contributed by atoms with van der Waals surface area (Å²) in [5.74, 6) is 1.78. The Balaban J connectivity index is 2.23. The van der Waals surface area contributed by atoms with Gasteiger partial charge in [-0.05, 0) is 44.2 Å². The van der Waals surface area contributed by atoms with Gasteiger partial charge in [0.05, 0.1) is 32.4 Å². The van der Waals surface area contributed by atoms with E-state index in [2.05, 4.69) is 5.32 Å². The van der Waals surface area contributed by atoms with Gasteiger partial charge in [0.15, 0.2) is 0 Å². The van der Waals surface area contributed by atoms with Crippen molar-refractivity contribution >= 4 is 5.91 Å². The number of para-hydroxylation sites is 1. The van der Waals surface area contributed by atoms with E-state index in [-0.39, 0.29) is 11.9 Å². The molecule has 1 N–H and O–H groups in total. The lowest BCUT2D eigenvalue weighted by Gasteiger charge is -2.19. The highest BCUT2D eigenvalue weighted by Crippen LogP contribution is 2.29. The van der Waals surface area contributed by atoms with Crippen molar-refractivity contribution in [3.63, 3.8) is 0 Å². The van der Waals surface area contributed by atoms with Crippen molar-refractivity contribution in [2.45, 2.75) is 19.9 Å². The minimum atomic E-state index is -0.253. The first kappa shape index (κ1) is 17.7. The number of hydrogen-bond donors (Lipinski definition) is 1. The van der Waals surface area contributed by atoms with E-state index in [1.54, 1.807) is 26.4 Å². The summed E-state index contributed by atoms with van der Waals surface area (Å²) in [5.41, 5.74) is 1.35. The van der Waals surface area contributed by atoms with E-state index in [4.69, 9.17) is 14.2 Å². The Hall–Kier alpha value is -2.69. The van der Waals surface area contributed by atoms with Gasteiger partial charge in [-0.2, -0.15) is 0 Å². The third-order valence-corrected chi connectivity index (χ3v) is 3.68. The minimum absolute atomic E-state index is 0.198. The molecular formula is C19H23NO4. The van der Waals surface area contributed by atoms with Gasteiger partial charge in [-0.15, -0.1) is 0 Å². The van der Waals surface area contributed by atoms with Crippen LogP contribution in [-0.4, -0.2) is 26.7 Å². The molecule has 0 spiro atoms. The van der Waals surface area contributed by atoms with Crippen LogP contribution >= 0.6 is 0 Å². The van der Waals surface area contributed by atoms with E-state index in [1.807, 2.05) is 44.2 Å². The number of carbonyl (C=O) groups excluding carboxylic acids is 1. The van der Waals surface area contributed by atoms with E-state index in [0.717, 1.165) is 5.56 Å². The topological polar surface area (TPSA) is 56.8 Å². The van der Waals surface area contributed by atoms with Crippen molar-refractivity contribution in [2.24, 2.45) is 0 Å². The summed E-state index contributed by atoms with van der Waals surface area (Å²) in [6, 6.07) is 12.4. The summed E-state index contributed by atoms with van der Waals surface area (Å²) in [4.78, 5) is 12.6. The molecule has 0 saturated carbocycles. The number of nitrogens with one attached hydrogen (secondary N) is 1. The average molecular weight is 329 g/mol. The standard InChI is InChI=1S/C19H23NO4/c1-5-24-18-9-7-6-8-15(18)19(21)20-13(2)16-12-14(22-3)10-11-17(16)23-4/h6-13H,5H2,1-4H3,(H,20,21). The first-order valence-electron chi connectivity index (χ1n) is 7.85. The molecular weight excluding hydrogens is 306 g/mol. The molecule has 0 saturated heterocycles. The molecule has 2 aromatic rings. The van der Waals surface area contributed by atoms with Crippen LogP contribution in [-0.2, 0) is 0 Å². The molecule has 1 atom stereocenters. The lowest BCUT2D eigenvalue weighted by Crippen LogP contribution is -2.27. The largest absolute Gasteiger partial charge is 0.497 e. The summed E-state index contributed by atoms with van der Waals surface area (Å²) in [6.45, 7) is 4.29. The van der Waals surface area contributed by atoms with Crippen LogP contribution in [0.1, 0.15) is 35.8 Å². The molecule has 0 aliphatic rings. The Labute approximate surface area is 142 Å². The van der Waals surface area contributed by atoms with E-state index in [0.29, 0.717) is 29.4 Å². The normalized spacial score (nSPS) is 11.5.